The van der Waals surface area contributed by atoms with Crippen LogP contribution in [0.4, 0.5) is 13.2 Å². The number of carbonyl (C=O) groups is 1. The van der Waals surface area contributed by atoms with Crippen molar-refractivity contribution in [3.8, 4) is 0 Å². The molecule has 0 saturated carbocycles. The van der Waals surface area contributed by atoms with Crippen LogP contribution in [0, 0.1) is 0 Å². The highest BCUT2D eigenvalue weighted by molar-refractivity contribution is 5.79. The summed E-state index contributed by atoms with van der Waals surface area (Å²) in [5.74, 6) is -0.237. The number of hydrogen-bond acceptors (Lipinski definition) is 2. The number of halogens is 3. The van der Waals surface area contributed by atoms with Crippen molar-refractivity contribution in [3.63, 3.8) is 0 Å². The van der Waals surface area contributed by atoms with Crippen molar-refractivity contribution in [1.29, 1.82) is 0 Å². The third kappa shape index (κ3) is 17.4. The first-order chi connectivity index (χ1) is 9.95. The summed E-state index contributed by atoms with van der Waals surface area (Å²) in [6, 6.07) is 0. The molecule has 2 nitrogen and oxygen atoms in total. The molecule has 0 fully saturated rings. The summed E-state index contributed by atoms with van der Waals surface area (Å²) in [5, 5.41) is 0. The second-order valence-electron chi connectivity index (χ2n) is 5.58. The van der Waals surface area contributed by atoms with Gasteiger partial charge in [-0.05, 0) is 6.42 Å². The highest BCUT2D eigenvalue weighted by Gasteiger charge is 2.27. The van der Waals surface area contributed by atoms with Gasteiger partial charge in [0.05, 0.1) is 0 Å². The number of ether oxygens (including phenoxy) is 1. The lowest BCUT2D eigenvalue weighted by Crippen LogP contribution is -2.20. The monoisotopic (exact) mass is 310 g/mol. The van der Waals surface area contributed by atoms with E-state index < -0.39 is 19.4 Å². The van der Waals surface area contributed by atoms with Gasteiger partial charge < -0.3 is 4.74 Å². The molecule has 0 N–H and O–H groups in total. The van der Waals surface area contributed by atoms with Gasteiger partial charge in [-0.25, -0.2) is 0 Å². The van der Waals surface area contributed by atoms with Crippen molar-refractivity contribution >= 4 is 5.78 Å². The SMILES string of the molecule is CCCCCCCCCCCCC(=O)COCC(F)(F)F. The van der Waals surface area contributed by atoms with Crippen molar-refractivity contribution in [2.24, 2.45) is 0 Å². The average molecular weight is 310 g/mol. The van der Waals surface area contributed by atoms with E-state index in [-0.39, 0.29) is 5.78 Å². The first kappa shape index (κ1) is 20.4. The second-order valence-corrected chi connectivity index (χ2v) is 5.58. The molecule has 5 heteroatoms. The van der Waals surface area contributed by atoms with E-state index in [0.29, 0.717) is 6.42 Å². The lowest BCUT2D eigenvalue weighted by Gasteiger charge is -2.06. The maximum Gasteiger partial charge on any atom is 0.411 e. The van der Waals surface area contributed by atoms with Crippen molar-refractivity contribution in [2.45, 2.75) is 83.7 Å². The molecular weight excluding hydrogens is 281 g/mol. The van der Waals surface area contributed by atoms with Gasteiger partial charge in [0.2, 0.25) is 0 Å². The molecular formula is C16H29F3O2. The summed E-state index contributed by atoms with van der Waals surface area (Å²) in [5.41, 5.74) is 0. The number of unbranched alkanes of at least 4 members (excludes halogenated alkanes) is 9. The average Bonchev–Trinajstić information content (AvgIpc) is 2.39. The van der Waals surface area contributed by atoms with Crippen LogP contribution in [0.1, 0.15) is 77.6 Å². The van der Waals surface area contributed by atoms with Crippen LogP contribution < -0.4 is 0 Å². The highest BCUT2D eigenvalue weighted by Crippen LogP contribution is 2.15. The van der Waals surface area contributed by atoms with Gasteiger partial charge in [0.15, 0.2) is 5.78 Å². The summed E-state index contributed by atoms with van der Waals surface area (Å²) in [4.78, 5) is 11.3. The minimum atomic E-state index is -4.35. The van der Waals surface area contributed by atoms with Crippen molar-refractivity contribution in [3.05, 3.63) is 0 Å². The maximum absolute atomic E-state index is 11.8. The normalized spacial score (nSPS) is 11.8. The second kappa shape index (κ2) is 13.1. The molecule has 0 atom stereocenters. The Morgan fingerprint density at radius 2 is 1.33 bits per heavy atom. The molecule has 0 rings (SSSR count). The fraction of sp³-hybridized carbons (Fsp3) is 0.938. The molecule has 0 spiro atoms. The molecule has 0 amide bonds. The zero-order valence-corrected chi connectivity index (χ0v) is 13.1. The van der Waals surface area contributed by atoms with Crippen LogP contribution in [0.5, 0.6) is 0 Å². The largest absolute Gasteiger partial charge is 0.411 e. The Morgan fingerprint density at radius 3 is 1.81 bits per heavy atom. The summed E-state index contributed by atoms with van der Waals surface area (Å²) in [6.07, 6.45) is 7.73. The molecule has 0 aromatic carbocycles. The van der Waals surface area contributed by atoms with Crippen LogP contribution in [0.15, 0.2) is 0 Å². The molecule has 0 aliphatic rings. The third-order valence-electron chi connectivity index (χ3n) is 3.34. The fourth-order valence-corrected chi connectivity index (χ4v) is 2.16. The maximum atomic E-state index is 11.8. The highest BCUT2D eigenvalue weighted by atomic mass is 19.4. The molecule has 21 heavy (non-hydrogen) atoms. The van der Waals surface area contributed by atoms with E-state index in [4.69, 9.17) is 0 Å². The van der Waals surface area contributed by atoms with E-state index in [1.807, 2.05) is 0 Å². The van der Waals surface area contributed by atoms with E-state index in [1.54, 1.807) is 0 Å². The van der Waals surface area contributed by atoms with Gasteiger partial charge in [-0.1, -0.05) is 64.7 Å². The molecule has 0 unspecified atom stereocenters. The van der Waals surface area contributed by atoms with Crippen molar-refractivity contribution in [1.82, 2.24) is 0 Å². The number of hydrogen-bond donors (Lipinski definition) is 0. The molecule has 0 radical (unpaired) electrons. The van der Waals surface area contributed by atoms with Crippen LogP contribution in [0.2, 0.25) is 0 Å². The van der Waals surface area contributed by atoms with Gasteiger partial charge in [-0.2, -0.15) is 13.2 Å². The quantitative estimate of drug-likeness (QED) is 0.399. The van der Waals surface area contributed by atoms with Gasteiger partial charge in [0.25, 0.3) is 0 Å². The first-order valence-electron chi connectivity index (χ1n) is 8.12. The number of Topliss-reactive ketones (excluding diaryl/α,β-unsaturated/α-hetero) is 1. The van der Waals surface area contributed by atoms with Crippen LogP contribution in [-0.4, -0.2) is 25.2 Å². The van der Waals surface area contributed by atoms with E-state index in [0.717, 1.165) is 19.3 Å². The zero-order chi connectivity index (χ0) is 16.0. The Bertz CT molecular complexity index is 252. The first-order valence-corrected chi connectivity index (χ1v) is 8.12. The van der Waals surface area contributed by atoms with Gasteiger partial charge >= 0.3 is 6.18 Å². The Kier molecular flexibility index (Phi) is 12.7. The minimum Gasteiger partial charge on any atom is -0.364 e. The van der Waals surface area contributed by atoms with Gasteiger partial charge in [0.1, 0.15) is 13.2 Å². The third-order valence-corrected chi connectivity index (χ3v) is 3.34. The van der Waals surface area contributed by atoms with E-state index in [1.165, 1.54) is 44.9 Å². The molecule has 0 aliphatic heterocycles. The molecule has 0 aromatic rings. The van der Waals surface area contributed by atoms with Gasteiger partial charge in [-0.3, -0.25) is 4.79 Å². The topological polar surface area (TPSA) is 26.3 Å². The lowest BCUT2D eigenvalue weighted by atomic mass is 10.1. The number of ketones is 1. The zero-order valence-electron chi connectivity index (χ0n) is 13.1. The van der Waals surface area contributed by atoms with E-state index >= 15 is 0 Å². The fourth-order valence-electron chi connectivity index (χ4n) is 2.16. The summed E-state index contributed by atoms with van der Waals surface area (Å²) >= 11 is 0. The number of rotatable bonds is 14. The van der Waals surface area contributed by atoms with E-state index in [2.05, 4.69) is 11.7 Å². The smallest absolute Gasteiger partial charge is 0.364 e. The minimum absolute atomic E-state index is 0.237. The Balaban J connectivity index is 3.22. The molecule has 0 saturated heterocycles. The van der Waals surface area contributed by atoms with Crippen molar-refractivity contribution < 1.29 is 22.7 Å². The molecule has 0 aromatic heterocycles. The predicted molar refractivity (Wildman–Crippen MR) is 78.3 cm³/mol. The number of alkyl halides is 3. The van der Waals surface area contributed by atoms with Crippen LogP contribution in [0.3, 0.4) is 0 Å². The van der Waals surface area contributed by atoms with Crippen LogP contribution in [0.25, 0.3) is 0 Å². The number of carbonyl (C=O) groups excluding carboxylic acids is 1. The molecule has 0 bridgehead atoms. The van der Waals surface area contributed by atoms with Crippen LogP contribution >= 0.6 is 0 Å². The van der Waals surface area contributed by atoms with Gasteiger partial charge in [0, 0.05) is 6.42 Å². The Labute approximate surface area is 126 Å². The van der Waals surface area contributed by atoms with Crippen LogP contribution in [-0.2, 0) is 9.53 Å². The lowest BCUT2D eigenvalue weighted by molar-refractivity contribution is -0.175. The van der Waals surface area contributed by atoms with Crippen molar-refractivity contribution in [2.75, 3.05) is 13.2 Å². The standard InChI is InChI=1S/C16H29F3O2/c1-2-3-4-5-6-7-8-9-10-11-12-15(20)13-21-14-16(17,18)19/h2-14H2,1H3. The Hall–Kier alpha value is -0.580. The molecule has 0 aliphatic carbocycles. The summed E-state index contributed by atoms with van der Waals surface area (Å²) in [6.45, 7) is 0.448. The van der Waals surface area contributed by atoms with Gasteiger partial charge in [-0.15, -0.1) is 0 Å². The van der Waals surface area contributed by atoms with E-state index in [9.17, 15) is 18.0 Å². The molecule has 0 heterocycles. The Morgan fingerprint density at radius 1 is 0.857 bits per heavy atom. The summed E-state index contributed by atoms with van der Waals surface area (Å²) < 4.78 is 39.7. The molecule has 126 valence electrons. The summed E-state index contributed by atoms with van der Waals surface area (Å²) in [7, 11) is 0. The predicted octanol–water partition coefficient (Wildman–Crippen LogP) is 5.45.